The van der Waals surface area contributed by atoms with Gasteiger partial charge in [0, 0.05) is 10.2 Å². The highest BCUT2D eigenvalue weighted by molar-refractivity contribution is 9.10. The van der Waals surface area contributed by atoms with Crippen LogP contribution in [0.4, 0.5) is 5.69 Å². The van der Waals surface area contributed by atoms with Crippen molar-refractivity contribution in [3.05, 3.63) is 64.1 Å². The van der Waals surface area contributed by atoms with Gasteiger partial charge in [0.1, 0.15) is 0 Å². The Bertz CT molecular complexity index is 541. The first-order valence-electron chi connectivity index (χ1n) is 5.53. The third-order valence-corrected chi connectivity index (χ3v) is 3.19. The maximum Gasteiger partial charge on any atom is 0.0662 e. The van der Waals surface area contributed by atoms with E-state index in [1.807, 2.05) is 37.3 Å². The summed E-state index contributed by atoms with van der Waals surface area (Å²) in [5, 5.41) is 0. The molecule has 2 heteroatoms. The molecule has 0 aliphatic carbocycles. The van der Waals surface area contributed by atoms with Crippen molar-refractivity contribution < 1.29 is 0 Å². The number of rotatable bonds is 2. The van der Waals surface area contributed by atoms with Gasteiger partial charge in [-0.25, -0.2) is 0 Å². The lowest BCUT2D eigenvalue weighted by Gasteiger charge is -2.03. The van der Waals surface area contributed by atoms with Crippen LogP contribution in [0.1, 0.15) is 18.1 Å². The van der Waals surface area contributed by atoms with E-state index in [2.05, 4.69) is 46.0 Å². The van der Waals surface area contributed by atoms with E-state index < -0.39 is 0 Å². The lowest BCUT2D eigenvalue weighted by molar-refractivity contribution is 1.38. The lowest BCUT2D eigenvalue weighted by atomic mass is 10.1. The van der Waals surface area contributed by atoms with Crippen LogP contribution in [0.25, 0.3) is 0 Å². The number of benzene rings is 2. The van der Waals surface area contributed by atoms with Crippen LogP contribution >= 0.6 is 15.9 Å². The molecule has 0 N–H and O–H groups in total. The molecule has 0 bridgehead atoms. The normalized spacial score (nSPS) is 11.6. The summed E-state index contributed by atoms with van der Waals surface area (Å²) in [6.07, 6.45) is 0. The topological polar surface area (TPSA) is 12.4 Å². The Morgan fingerprint density at radius 1 is 1.00 bits per heavy atom. The van der Waals surface area contributed by atoms with Crippen LogP contribution in [0.2, 0.25) is 0 Å². The van der Waals surface area contributed by atoms with Crippen molar-refractivity contribution in [1.82, 2.24) is 0 Å². The van der Waals surface area contributed by atoms with Crippen molar-refractivity contribution >= 4 is 27.3 Å². The fourth-order valence-electron chi connectivity index (χ4n) is 1.63. The molecule has 0 fully saturated rings. The fraction of sp³-hybridized carbons (Fsp3) is 0.133. The van der Waals surface area contributed by atoms with Crippen LogP contribution in [-0.2, 0) is 0 Å². The minimum Gasteiger partial charge on any atom is -0.253 e. The molecule has 0 saturated heterocycles. The zero-order chi connectivity index (χ0) is 12.3. The van der Waals surface area contributed by atoms with Gasteiger partial charge in [-0.3, -0.25) is 4.99 Å². The molecular weight excluding hydrogens is 274 g/mol. The molecule has 2 aromatic rings. The number of nitrogens with zero attached hydrogens (tertiary/aromatic N) is 1. The number of para-hydroxylation sites is 1. The van der Waals surface area contributed by atoms with Crippen molar-refractivity contribution in [2.45, 2.75) is 13.8 Å². The Morgan fingerprint density at radius 3 is 2.29 bits per heavy atom. The number of halogens is 1. The fourth-order valence-corrected chi connectivity index (χ4v) is 1.89. The van der Waals surface area contributed by atoms with Gasteiger partial charge < -0.3 is 0 Å². The first-order chi connectivity index (χ1) is 8.16. The maximum absolute atomic E-state index is 4.66. The average Bonchev–Trinajstić information content (AvgIpc) is 2.33. The number of hydrogen-bond acceptors (Lipinski definition) is 1. The zero-order valence-electron chi connectivity index (χ0n) is 9.94. The van der Waals surface area contributed by atoms with Gasteiger partial charge in [0.25, 0.3) is 0 Å². The van der Waals surface area contributed by atoms with Crippen LogP contribution in [0.3, 0.4) is 0 Å². The highest BCUT2D eigenvalue weighted by Crippen LogP contribution is 2.19. The minimum atomic E-state index is 1.03. The predicted molar refractivity (Wildman–Crippen MR) is 77.2 cm³/mol. The molecule has 0 saturated carbocycles. The Balaban J connectivity index is 2.34. The van der Waals surface area contributed by atoms with Gasteiger partial charge in [-0.15, -0.1) is 0 Å². The van der Waals surface area contributed by atoms with E-state index in [0.717, 1.165) is 21.4 Å². The largest absolute Gasteiger partial charge is 0.253 e. The van der Waals surface area contributed by atoms with E-state index in [9.17, 15) is 0 Å². The van der Waals surface area contributed by atoms with Gasteiger partial charge in [0.05, 0.1) is 5.69 Å². The lowest BCUT2D eigenvalue weighted by Crippen LogP contribution is -1.93. The van der Waals surface area contributed by atoms with E-state index in [1.54, 1.807) is 0 Å². The summed E-state index contributed by atoms with van der Waals surface area (Å²) in [6.45, 7) is 4.11. The number of aliphatic imine (C=N–C) groups is 1. The van der Waals surface area contributed by atoms with Gasteiger partial charge >= 0.3 is 0 Å². The molecule has 17 heavy (non-hydrogen) atoms. The van der Waals surface area contributed by atoms with Crippen LogP contribution in [0.5, 0.6) is 0 Å². The summed E-state index contributed by atoms with van der Waals surface area (Å²) >= 11 is 3.43. The summed E-state index contributed by atoms with van der Waals surface area (Å²) in [5.74, 6) is 0. The molecule has 0 aliphatic heterocycles. The van der Waals surface area contributed by atoms with Crippen molar-refractivity contribution in [3.8, 4) is 0 Å². The smallest absolute Gasteiger partial charge is 0.0662 e. The molecule has 86 valence electrons. The summed E-state index contributed by atoms with van der Waals surface area (Å²) in [5.41, 5.74) is 4.42. The molecule has 0 aromatic heterocycles. The Hall–Kier alpha value is -1.41. The number of aryl methyl sites for hydroxylation is 1. The summed E-state index contributed by atoms with van der Waals surface area (Å²) in [6, 6.07) is 16.4. The highest BCUT2D eigenvalue weighted by Gasteiger charge is 1.99. The molecule has 0 atom stereocenters. The number of hydrogen-bond donors (Lipinski definition) is 0. The zero-order valence-corrected chi connectivity index (χ0v) is 11.5. The summed E-state index contributed by atoms with van der Waals surface area (Å²) < 4.78 is 1.09. The second kappa shape index (κ2) is 5.28. The van der Waals surface area contributed by atoms with E-state index >= 15 is 0 Å². The molecule has 0 aliphatic rings. The summed E-state index contributed by atoms with van der Waals surface area (Å²) in [7, 11) is 0. The SMILES string of the molecule is CC(=Nc1ccccc1C)c1ccc(Br)cc1. The third-order valence-electron chi connectivity index (χ3n) is 2.67. The molecular formula is C15H14BrN. The van der Waals surface area contributed by atoms with Gasteiger partial charge in [0.15, 0.2) is 0 Å². The molecule has 0 unspecified atom stereocenters. The quantitative estimate of drug-likeness (QED) is 0.697. The van der Waals surface area contributed by atoms with Crippen molar-refractivity contribution in [3.63, 3.8) is 0 Å². The highest BCUT2D eigenvalue weighted by atomic mass is 79.9. The van der Waals surface area contributed by atoms with E-state index in [-0.39, 0.29) is 0 Å². The van der Waals surface area contributed by atoms with Crippen molar-refractivity contribution in [2.75, 3.05) is 0 Å². The van der Waals surface area contributed by atoms with Gasteiger partial charge in [-0.2, -0.15) is 0 Å². The first-order valence-corrected chi connectivity index (χ1v) is 6.33. The molecule has 0 amide bonds. The van der Waals surface area contributed by atoms with Gasteiger partial charge in [-0.05, 0) is 43.2 Å². The van der Waals surface area contributed by atoms with E-state index in [4.69, 9.17) is 0 Å². The van der Waals surface area contributed by atoms with E-state index in [0.29, 0.717) is 0 Å². The average molecular weight is 288 g/mol. The monoisotopic (exact) mass is 287 g/mol. The van der Waals surface area contributed by atoms with Crippen molar-refractivity contribution in [2.24, 2.45) is 4.99 Å². The molecule has 0 heterocycles. The van der Waals surface area contributed by atoms with Crippen LogP contribution in [0.15, 0.2) is 58.0 Å². The Kier molecular flexibility index (Phi) is 3.75. The maximum atomic E-state index is 4.66. The van der Waals surface area contributed by atoms with Gasteiger partial charge in [0.2, 0.25) is 0 Å². The first kappa shape index (κ1) is 12.1. The minimum absolute atomic E-state index is 1.03. The van der Waals surface area contributed by atoms with Crippen LogP contribution in [0, 0.1) is 6.92 Å². The van der Waals surface area contributed by atoms with Crippen LogP contribution < -0.4 is 0 Å². The standard InChI is InChI=1S/C15H14BrN/c1-11-5-3-4-6-15(11)17-12(2)13-7-9-14(16)10-8-13/h3-10H,1-2H3. The second-order valence-corrected chi connectivity index (χ2v) is 4.91. The van der Waals surface area contributed by atoms with Crippen molar-refractivity contribution in [1.29, 1.82) is 0 Å². The molecule has 0 radical (unpaired) electrons. The van der Waals surface area contributed by atoms with Gasteiger partial charge in [-0.1, -0.05) is 46.3 Å². The molecule has 2 aromatic carbocycles. The predicted octanol–water partition coefficient (Wildman–Crippen LogP) is 4.90. The second-order valence-electron chi connectivity index (χ2n) is 3.99. The molecule has 2 rings (SSSR count). The Labute approximate surface area is 110 Å². The molecule has 0 spiro atoms. The Morgan fingerprint density at radius 2 is 1.65 bits per heavy atom. The third kappa shape index (κ3) is 3.04. The summed E-state index contributed by atoms with van der Waals surface area (Å²) in [4.78, 5) is 4.66. The van der Waals surface area contributed by atoms with Crippen LogP contribution in [-0.4, -0.2) is 5.71 Å². The van der Waals surface area contributed by atoms with E-state index in [1.165, 1.54) is 5.56 Å². The molecule has 1 nitrogen and oxygen atoms in total.